The van der Waals surface area contributed by atoms with Crippen molar-refractivity contribution in [1.82, 2.24) is 0 Å². The van der Waals surface area contributed by atoms with E-state index in [1.807, 2.05) is 0 Å². The molecule has 1 saturated heterocycles. The van der Waals surface area contributed by atoms with Crippen molar-refractivity contribution in [3.63, 3.8) is 0 Å². The van der Waals surface area contributed by atoms with Crippen LogP contribution in [0.2, 0.25) is 0 Å². The van der Waals surface area contributed by atoms with E-state index in [1.54, 1.807) is 0 Å². The molecule has 1 aromatic carbocycles. The molecule has 10 heteroatoms. The molecule has 112 valence electrons. The number of azide groups is 1. The Labute approximate surface area is 120 Å². The number of anilines is 2. The normalized spacial score (nSPS) is 18.6. The van der Waals surface area contributed by atoms with E-state index in [2.05, 4.69) is 10.0 Å². The highest BCUT2D eigenvalue weighted by molar-refractivity contribution is 7.86. The van der Waals surface area contributed by atoms with E-state index in [-0.39, 0.29) is 30.5 Å². The second-order valence-electron chi connectivity index (χ2n) is 4.69. The van der Waals surface area contributed by atoms with Gasteiger partial charge in [-0.15, -0.1) is 0 Å². The zero-order valence-corrected chi connectivity index (χ0v) is 11.7. The van der Waals surface area contributed by atoms with E-state index in [1.165, 1.54) is 17.0 Å². The monoisotopic (exact) mass is 311 g/mol. The maximum absolute atomic E-state index is 11.9. The Kier molecular flexibility index (Phi) is 4.03. The molecule has 3 N–H and O–H groups in total. The second kappa shape index (κ2) is 5.60. The molecular weight excluding hydrogens is 298 g/mol. The van der Waals surface area contributed by atoms with Gasteiger partial charge in [0.1, 0.15) is 4.90 Å². The highest BCUT2D eigenvalue weighted by atomic mass is 32.2. The van der Waals surface area contributed by atoms with Crippen molar-refractivity contribution in [1.29, 1.82) is 0 Å². The van der Waals surface area contributed by atoms with Gasteiger partial charge in [0.15, 0.2) is 0 Å². The van der Waals surface area contributed by atoms with Gasteiger partial charge < -0.3 is 10.6 Å². The first-order valence-corrected chi connectivity index (χ1v) is 7.45. The molecule has 1 heterocycles. The Morgan fingerprint density at radius 2 is 2.24 bits per heavy atom. The van der Waals surface area contributed by atoms with Crippen LogP contribution in [0.25, 0.3) is 10.4 Å². The lowest BCUT2D eigenvalue weighted by Crippen LogP contribution is -2.25. The summed E-state index contributed by atoms with van der Waals surface area (Å²) in [6.07, 6.45) is 0.249. The molecule has 0 aromatic heterocycles. The average Bonchev–Trinajstić information content (AvgIpc) is 2.76. The van der Waals surface area contributed by atoms with Crippen molar-refractivity contribution in [3.8, 4) is 0 Å². The summed E-state index contributed by atoms with van der Waals surface area (Å²) in [4.78, 5) is 15.6. The highest BCUT2D eigenvalue weighted by Gasteiger charge is 2.30. The number of nitrogens with two attached hydrogens (primary N) is 1. The van der Waals surface area contributed by atoms with E-state index >= 15 is 0 Å². The van der Waals surface area contributed by atoms with Crippen molar-refractivity contribution in [2.24, 2.45) is 11.0 Å². The van der Waals surface area contributed by atoms with Crippen molar-refractivity contribution in [2.75, 3.05) is 23.7 Å². The molecule has 0 saturated carbocycles. The van der Waals surface area contributed by atoms with Crippen LogP contribution in [-0.4, -0.2) is 32.0 Å². The van der Waals surface area contributed by atoms with Crippen molar-refractivity contribution in [2.45, 2.75) is 11.3 Å². The smallest absolute Gasteiger partial charge is 0.296 e. The second-order valence-corrected chi connectivity index (χ2v) is 6.08. The fourth-order valence-corrected chi connectivity index (χ4v) is 2.84. The minimum absolute atomic E-state index is 0.0872. The number of carbonyl (C=O) groups is 1. The Bertz CT molecular complexity index is 726. The molecule has 1 atom stereocenters. The number of nitrogen functional groups attached to an aromatic ring is 1. The van der Waals surface area contributed by atoms with Gasteiger partial charge in [-0.05, 0) is 29.6 Å². The van der Waals surface area contributed by atoms with Crippen LogP contribution in [0.15, 0.2) is 28.2 Å². The third kappa shape index (κ3) is 3.24. The number of amides is 1. The van der Waals surface area contributed by atoms with E-state index in [9.17, 15) is 13.2 Å². The summed E-state index contributed by atoms with van der Waals surface area (Å²) < 4.78 is 31.1. The lowest BCUT2D eigenvalue weighted by molar-refractivity contribution is -0.117. The Morgan fingerprint density at radius 1 is 1.52 bits per heavy atom. The lowest BCUT2D eigenvalue weighted by atomic mass is 10.1. The molecule has 1 aliphatic heterocycles. The van der Waals surface area contributed by atoms with Crippen LogP contribution < -0.4 is 10.6 Å². The van der Waals surface area contributed by atoms with Gasteiger partial charge >= 0.3 is 0 Å². The van der Waals surface area contributed by atoms with Crippen LogP contribution >= 0.6 is 0 Å². The minimum atomic E-state index is -4.39. The molecule has 1 fully saturated rings. The van der Waals surface area contributed by atoms with Gasteiger partial charge in [0.25, 0.3) is 10.1 Å². The fourth-order valence-electron chi connectivity index (χ4n) is 2.24. The molecule has 0 aliphatic carbocycles. The first-order chi connectivity index (χ1) is 9.82. The molecule has 0 bridgehead atoms. The quantitative estimate of drug-likeness (QED) is 0.281. The van der Waals surface area contributed by atoms with Gasteiger partial charge in [0.05, 0.1) is 5.69 Å². The first kappa shape index (κ1) is 15.1. The molecular formula is C11H13N5O4S. The Hall–Kier alpha value is -2.29. The van der Waals surface area contributed by atoms with Gasteiger partial charge in [-0.25, -0.2) is 0 Å². The number of benzene rings is 1. The average molecular weight is 311 g/mol. The third-order valence-electron chi connectivity index (χ3n) is 3.19. The molecule has 1 aromatic rings. The van der Waals surface area contributed by atoms with E-state index in [0.717, 1.165) is 6.07 Å². The van der Waals surface area contributed by atoms with E-state index in [4.69, 9.17) is 15.8 Å². The molecule has 1 aliphatic rings. The van der Waals surface area contributed by atoms with Crippen LogP contribution in [0.1, 0.15) is 6.42 Å². The van der Waals surface area contributed by atoms with Gasteiger partial charge in [0.2, 0.25) is 5.91 Å². The molecule has 1 unspecified atom stereocenters. The van der Waals surface area contributed by atoms with E-state index < -0.39 is 15.0 Å². The van der Waals surface area contributed by atoms with Gasteiger partial charge in [-0.3, -0.25) is 9.35 Å². The number of hydrogen-bond acceptors (Lipinski definition) is 5. The molecule has 1 amide bonds. The summed E-state index contributed by atoms with van der Waals surface area (Å²) in [5.41, 5.74) is 14.2. The molecule has 0 radical (unpaired) electrons. The SMILES string of the molecule is [N-]=[N+]=NCC1CC(=O)N(c2ccc(S(=O)(=O)O)c(N)c2)C1. The molecule has 21 heavy (non-hydrogen) atoms. The highest BCUT2D eigenvalue weighted by Crippen LogP contribution is 2.29. The topological polar surface area (TPSA) is 149 Å². The zero-order valence-electron chi connectivity index (χ0n) is 10.9. The van der Waals surface area contributed by atoms with Crippen molar-refractivity contribution in [3.05, 3.63) is 28.6 Å². The maximum Gasteiger partial charge on any atom is 0.296 e. The Morgan fingerprint density at radius 3 is 2.81 bits per heavy atom. The fraction of sp³-hybridized carbons (Fsp3) is 0.364. The van der Waals surface area contributed by atoms with Crippen LogP contribution in [-0.2, 0) is 14.9 Å². The number of carbonyl (C=O) groups excluding carboxylic acids is 1. The van der Waals surface area contributed by atoms with Crippen molar-refractivity contribution >= 4 is 27.4 Å². The molecule has 2 rings (SSSR count). The van der Waals surface area contributed by atoms with Crippen LogP contribution in [0.4, 0.5) is 11.4 Å². The lowest BCUT2D eigenvalue weighted by Gasteiger charge is -2.17. The zero-order chi connectivity index (χ0) is 15.6. The summed E-state index contributed by atoms with van der Waals surface area (Å²) in [6, 6.07) is 3.86. The third-order valence-corrected chi connectivity index (χ3v) is 4.12. The predicted molar refractivity (Wildman–Crippen MR) is 75.1 cm³/mol. The summed E-state index contributed by atoms with van der Waals surface area (Å²) >= 11 is 0. The summed E-state index contributed by atoms with van der Waals surface area (Å²) in [5.74, 6) is -0.247. The maximum atomic E-state index is 11.9. The summed E-state index contributed by atoms with van der Waals surface area (Å²) in [6.45, 7) is 0.583. The van der Waals surface area contributed by atoms with Crippen LogP contribution in [0.3, 0.4) is 0 Å². The molecule has 0 spiro atoms. The number of nitrogens with zero attached hydrogens (tertiary/aromatic N) is 4. The van der Waals surface area contributed by atoms with Crippen LogP contribution in [0.5, 0.6) is 0 Å². The predicted octanol–water partition coefficient (Wildman–Crippen LogP) is 1.18. The van der Waals surface area contributed by atoms with Crippen molar-refractivity contribution < 1.29 is 17.8 Å². The van der Waals surface area contributed by atoms with E-state index in [0.29, 0.717) is 12.2 Å². The Balaban J connectivity index is 2.25. The number of hydrogen-bond donors (Lipinski definition) is 2. The molecule has 9 nitrogen and oxygen atoms in total. The minimum Gasteiger partial charge on any atom is -0.398 e. The van der Waals surface area contributed by atoms with Gasteiger partial charge in [-0.2, -0.15) is 8.42 Å². The largest absolute Gasteiger partial charge is 0.398 e. The van der Waals surface area contributed by atoms with Gasteiger partial charge in [0, 0.05) is 30.1 Å². The standard InChI is InChI=1S/C11H13N5O4S/c12-9-4-8(1-2-10(9)21(18,19)20)16-6-7(3-11(16)17)5-14-15-13/h1-2,4,7H,3,5-6,12H2,(H,18,19,20). The summed E-state index contributed by atoms with van der Waals surface area (Å²) in [7, 11) is -4.39. The summed E-state index contributed by atoms with van der Waals surface area (Å²) in [5, 5.41) is 3.44. The van der Waals surface area contributed by atoms with Crippen LogP contribution in [0, 0.1) is 5.92 Å². The first-order valence-electron chi connectivity index (χ1n) is 6.01. The number of rotatable bonds is 4. The van der Waals surface area contributed by atoms with Gasteiger partial charge in [-0.1, -0.05) is 5.11 Å².